The fourth-order valence-electron chi connectivity index (χ4n) is 2.62. The zero-order chi connectivity index (χ0) is 11.1. The summed E-state index contributed by atoms with van der Waals surface area (Å²) in [6.07, 6.45) is 2.06. The molecule has 3 heterocycles. The lowest BCUT2D eigenvalue weighted by molar-refractivity contribution is 0.0666. The van der Waals surface area contributed by atoms with Gasteiger partial charge in [-0.2, -0.15) is 5.10 Å². The van der Waals surface area contributed by atoms with Gasteiger partial charge in [0.1, 0.15) is 5.82 Å². The second-order valence-electron chi connectivity index (χ2n) is 4.77. The number of anilines is 1. The average molecular weight is 222 g/mol. The number of hydrogen-bond donors (Lipinski definition) is 1. The van der Waals surface area contributed by atoms with E-state index in [1.165, 1.54) is 5.56 Å². The summed E-state index contributed by atoms with van der Waals surface area (Å²) in [5.41, 5.74) is 8.57. The van der Waals surface area contributed by atoms with Crippen LogP contribution in [0.25, 0.3) is 0 Å². The van der Waals surface area contributed by atoms with Crippen molar-refractivity contribution in [2.24, 2.45) is 0 Å². The average Bonchev–Trinajstić information content (AvgIpc) is 2.79. The molecule has 0 unspecified atom stereocenters. The number of fused-ring (bicyclic) bond motifs is 1. The summed E-state index contributed by atoms with van der Waals surface area (Å²) in [6, 6.07) is 0.435. The third-order valence-electron chi connectivity index (χ3n) is 3.52. The largest absolute Gasteiger partial charge is 0.384 e. The molecule has 0 saturated carbocycles. The van der Waals surface area contributed by atoms with Crippen molar-refractivity contribution in [2.75, 3.05) is 26.0 Å². The van der Waals surface area contributed by atoms with Gasteiger partial charge >= 0.3 is 0 Å². The zero-order valence-electron chi connectivity index (χ0n) is 9.65. The highest BCUT2D eigenvalue weighted by atomic mass is 16.5. The van der Waals surface area contributed by atoms with E-state index in [0.717, 1.165) is 50.7 Å². The van der Waals surface area contributed by atoms with Gasteiger partial charge in [0.05, 0.1) is 11.7 Å². The molecule has 1 aromatic heterocycles. The van der Waals surface area contributed by atoms with Gasteiger partial charge in [-0.05, 0) is 19.9 Å². The highest BCUT2D eigenvalue weighted by molar-refractivity contribution is 5.45. The van der Waals surface area contributed by atoms with Crippen molar-refractivity contribution in [3.63, 3.8) is 0 Å². The molecule has 0 amide bonds. The maximum atomic E-state index is 6.18. The topological polar surface area (TPSA) is 56.3 Å². The van der Waals surface area contributed by atoms with Crippen molar-refractivity contribution in [3.8, 4) is 0 Å². The van der Waals surface area contributed by atoms with E-state index in [1.807, 2.05) is 4.68 Å². The van der Waals surface area contributed by atoms with Crippen molar-refractivity contribution in [1.29, 1.82) is 0 Å². The molecule has 0 atom stereocenters. The van der Waals surface area contributed by atoms with E-state index in [9.17, 15) is 0 Å². The molecule has 5 nitrogen and oxygen atoms in total. The molecule has 1 saturated heterocycles. The molecule has 0 spiro atoms. The van der Waals surface area contributed by atoms with Crippen molar-refractivity contribution in [1.82, 2.24) is 14.7 Å². The lowest BCUT2D eigenvalue weighted by atomic mass is 10.1. The van der Waals surface area contributed by atoms with Gasteiger partial charge in [0.15, 0.2) is 0 Å². The van der Waals surface area contributed by atoms with Crippen LogP contribution in [0.4, 0.5) is 5.82 Å². The molecule has 88 valence electrons. The minimum absolute atomic E-state index is 0.435. The third-order valence-corrected chi connectivity index (χ3v) is 3.52. The molecule has 2 N–H and O–H groups in total. The Hall–Kier alpha value is -1.07. The van der Waals surface area contributed by atoms with E-state index in [1.54, 1.807) is 0 Å². The van der Waals surface area contributed by atoms with E-state index in [-0.39, 0.29) is 0 Å². The van der Waals surface area contributed by atoms with Crippen LogP contribution in [0.5, 0.6) is 0 Å². The number of nitrogens with zero attached hydrogens (tertiary/aromatic N) is 3. The molecule has 5 heteroatoms. The van der Waals surface area contributed by atoms with Gasteiger partial charge in [-0.3, -0.25) is 4.90 Å². The summed E-state index contributed by atoms with van der Waals surface area (Å²) < 4.78 is 7.39. The van der Waals surface area contributed by atoms with Crippen molar-refractivity contribution < 1.29 is 4.74 Å². The van der Waals surface area contributed by atoms with Crippen LogP contribution in [-0.4, -0.2) is 34.9 Å². The van der Waals surface area contributed by atoms with Crippen LogP contribution in [0.3, 0.4) is 0 Å². The zero-order valence-corrected chi connectivity index (χ0v) is 9.65. The van der Waals surface area contributed by atoms with Crippen molar-refractivity contribution in [3.05, 3.63) is 11.3 Å². The third kappa shape index (κ3) is 1.51. The Bertz CT molecular complexity index is 395. The summed E-state index contributed by atoms with van der Waals surface area (Å²) in [6.45, 7) is 3.52. The van der Waals surface area contributed by atoms with E-state index in [4.69, 9.17) is 10.5 Å². The van der Waals surface area contributed by atoms with Crippen LogP contribution in [-0.2, 0) is 17.8 Å². The molecule has 0 bridgehead atoms. The van der Waals surface area contributed by atoms with Crippen LogP contribution in [0.15, 0.2) is 0 Å². The standard InChI is InChI=1S/C11H18N4O/c1-14-6-9-10(7-14)13-15(11(9)12)8-2-4-16-5-3-8/h8H,2-7,12H2,1H3. The number of nitrogen functional groups attached to an aromatic ring is 1. The minimum atomic E-state index is 0.435. The quantitative estimate of drug-likeness (QED) is 0.762. The highest BCUT2D eigenvalue weighted by Gasteiger charge is 2.27. The van der Waals surface area contributed by atoms with Crippen LogP contribution < -0.4 is 5.73 Å². The summed E-state index contributed by atoms with van der Waals surface area (Å²) in [5, 5.41) is 4.66. The fourth-order valence-corrected chi connectivity index (χ4v) is 2.62. The first-order valence-electron chi connectivity index (χ1n) is 5.87. The Morgan fingerprint density at radius 3 is 2.75 bits per heavy atom. The molecule has 0 radical (unpaired) electrons. The van der Waals surface area contributed by atoms with Crippen molar-refractivity contribution in [2.45, 2.75) is 32.0 Å². The molecule has 2 aliphatic heterocycles. The van der Waals surface area contributed by atoms with Gasteiger partial charge in [0.25, 0.3) is 0 Å². The Morgan fingerprint density at radius 2 is 2.06 bits per heavy atom. The number of ether oxygens (including phenoxy) is 1. The number of rotatable bonds is 1. The second-order valence-corrected chi connectivity index (χ2v) is 4.77. The summed E-state index contributed by atoms with van der Waals surface area (Å²) in [7, 11) is 2.10. The normalized spacial score (nSPS) is 22.6. The Kier molecular flexibility index (Phi) is 2.37. The van der Waals surface area contributed by atoms with Crippen molar-refractivity contribution >= 4 is 5.82 Å². The number of aromatic nitrogens is 2. The van der Waals surface area contributed by atoms with Gasteiger partial charge in [-0.15, -0.1) is 0 Å². The molecule has 0 aromatic carbocycles. The molecule has 3 rings (SSSR count). The van der Waals surface area contributed by atoms with Crippen LogP contribution in [0, 0.1) is 0 Å². The molecule has 16 heavy (non-hydrogen) atoms. The van der Waals surface area contributed by atoms with Gasteiger partial charge in [-0.1, -0.05) is 0 Å². The van der Waals surface area contributed by atoms with Gasteiger partial charge in [0.2, 0.25) is 0 Å². The van der Waals surface area contributed by atoms with Crippen LogP contribution >= 0.6 is 0 Å². The first kappa shape index (κ1) is 10.1. The second kappa shape index (κ2) is 3.75. The first-order valence-corrected chi connectivity index (χ1v) is 5.87. The monoisotopic (exact) mass is 222 g/mol. The highest BCUT2D eigenvalue weighted by Crippen LogP contribution is 2.31. The van der Waals surface area contributed by atoms with Gasteiger partial charge in [-0.25, -0.2) is 4.68 Å². The minimum Gasteiger partial charge on any atom is -0.384 e. The van der Waals surface area contributed by atoms with Gasteiger partial charge in [0, 0.05) is 31.9 Å². The number of hydrogen-bond acceptors (Lipinski definition) is 4. The molecule has 1 aromatic rings. The maximum Gasteiger partial charge on any atom is 0.126 e. The summed E-state index contributed by atoms with van der Waals surface area (Å²) >= 11 is 0. The van der Waals surface area contributed by atoms with Crippen LogP contribution in [0.2, 0.25) is 0 Å². The summed E-state index contributed by atoms with van der Waals surface area (Å²) in [5.74, 6) is 0.867. The fraction of sp³-hybridized carbons (Fsp3) is 0.727. The number of nitrogens with two attached hydrogens (primary N) is 1. The Balaban J connectivity index is 1.89. The SMILES string of the molecule is CN1Cc2nn(C3CCOCC3)c(N)c2C1. The Labute approximate surface area is 95.2 Å². The predicted octanol–water partition coefficient (Wildman–Crippen LogP) is 0.762. The molecular weight excluding hydrogens is 204 g/mol. The lowest BCUT2D eigenvalue weighted by Crippen LogP contribution is -2.23. The lowest BCUT2D eigenvalue weighted by Gasteiger charge is -2.23. The van der Waals surface area contributed by atoms with E-state index in [0.29, 0.717) is 6.04 Å². The van der Waals surface area contributed by atoms with E-state index < -0.39 is 0 Å². The first-order chi connectivity index (χ1) is 7.75. The molecule has 1 fully saturated rings. The smallest absolute Gasteiger partial charge is 0.126 e. The van der Waals surface area contributed by atoms with Crippen LogP contribution in [0.1, 0.15) is 30.1 Å². The Morgan fingerprint density at radius 1 is 1.31 bits per heavy atom. The van der Waals surface area contributed by atoms with Gasteiger partial charge < -0.3 is 10.5 Å². The molecular formula is C11H18N4O. The maximum absolute atomic E-state index is 6.18. The van der Waals surface area contributed by atoms with E-state index >= 15 is 0 Å². The summed E-state index contributed by atoms with van der Waals surface area (Å²) in [4.78, 5) is 2.24. The molecule has 2 aliphatic rings. The van der Waals surface area contributed by atoms with E-state index in [2.05, 4.69) is 17.0 Å². The predicted molar refractivity (Wildman–Crippen MR) is 60.9 cm³/mol. The molecule has 0 aliphatic carbocycles.